The fourth-order valence-corrected chi connectivity index (χ4v) is 2.15. The lowest BCUT2D eigenvalue weighted by atomic mass is 10.3. The van der Waals surface area contributed by atoms with Crippen molar-refractivity contribution in [3.8, 4) is 0 Å². The van der Waals surface area contributed by atoms with Crippen LogP contribution in [-0.2, 0) is 24.2 Å². The first-order valence-corrected chi connectivity index (χ1v) is 5.89. The second-order valence-corrected chi connectivity index (χ2v) is 4.95. The number of rotatable bonds is 1. The highest BCUT2D eigenvalue weighted by Crippen LogP contribution is 2.17. The van der Waals surface area contributed by atoms with Gasteiger partial charge in [-0.25, -0.2) is 4.79 Å². The molecule has 0 aliphatic carbocycles. The van der Waals surface area contributed by atoms with Crippen LogP contribution in [0.4, 0.5) is 0 Å². The van der Waals surface area contributed by atoms with Gasteiger partial charge in [0.15, 0.2) is 0 Å². The predicted octanol–water partition coefficient (Wildman–Crippen LogP) is 0.124. The third-order valence-electron chi connectivity index (χ3n) is 2.54. The molecule has 86 valence electrons. The molecule has 16 heavy (non-hydrogen) atoms. The lowest BCUT2D eigenvalue weighted by Gasteiger charge is -1.98. The third-order valence-corrected chi connectivity index (χ3v) is 3.39. The molecule has 1 N–H and O–H groups in total. The van der Waals surface area contributed by atoms with Gasteiger partial charge >= 0.3 is 5.69 Å². The van der Waals surface area contributed by atoms with Gasteiger partial charge in [-0.05, 0) is 18.2 Å². The summed E-state index contributed by atoms with van der Waals surface area (Å²) >= 11 is 0. The summed E-state index contributed by atoms with van der Waals surface area (Å²) in [6.07, 6.45) is 0. The molecule has 7 heteroatoms. The van der Waals surface area contributed by atoms with Crippen LogP contribution >= 0.6 is 0 Å². The first-order valence-electron chi connectivity index (χ1n) is 4.45. The third kappa shape index (κ3) is 1.44. The van der Waals surface area contributed by atoms with Crippen LogP contribution in [0.2, 0.25) is 0 Å². The van der Waals surface area contributed by atoms with Gasteiger partial charge in [-0.3, -0.25) is 13.7 Å². The fourth-order valence-electron chi connectivity index (χ4n) is 1.65. The molecule has 1 aromatic carbocycles. The van der Waals surface area contributed by atoms with Crippen LogP contribution in [0.5, 0.6) is 0 Å². The second-order valence-electron chi connectivity index (χ2n) is 3.53. The molecule has 0 aliphatic rings. The molecule has 2 rings (SSSR count). The monoisotopic (exact) mass is 242 g/mol. The number of imidazole rings is 1. The molecule has 2 aromatic rings. The van der Waals surface area contributed by atoms with Gasteiger partial charge in [0.25, 0.3) is 10.1 Å². The number of benzene rings is 1. The minimum Gasteiger partial charge on any atom is -0.295 e. The van der Waals surface area contributed by atoms with E-state index in [1.807, 2.05) is 0 Å². The Kier molecular flexibility index (Phi) is 2.18. The van der Waals surface area contributed by atoms with Gasteiger partial charge in [-0.2, -0.15) is 8.42 Å². The minimum absolute atomic E-state index is 0.221. The highest BCUT2D eigenvalue weighted by atomic mass is 32.2. The second kappa shape index (κ2) is 3.19. The van der Waals surface area contributed by atoms with Crippen LogP contribution in [0.15, 0.2) is 27.9 Å². The number of aromatic nitrogens is 2. The summed E-state index contributed by atoms with van der Waals surface area (Å²) in [6, 6.07) is 4.02. The van der Waals surface area contributed by atoms with Crippen LogP contribution in [0.25, 0.3) is 11.0 Å². The molecule has 0 saturated carbocycles. The molecule has 0 saturated heterocycles. The Labute approximate surface area is 91.5 Å². The molecule has 1 heterocycles. The Morgan fingerprint density at radius 2 is 1.69 bits per heavy atom. The molecular formula is C9H10N2O4S. The average molecular weight is 242 g/mol. The standard InChI is InChI=1S/C9H10N2O4S/c1-10-7-4-3-6(16(13,14)15)5-8(7)11(2)9(10)12/h3-5H,1-2H3,(H,13,14,15). The van der Waals surface area contributed by atoms with Crippen LogP contribution in [-0.4, -0.2) is 22.1 Å². The van der Waals surface area contributed by atoms with Crippen molar-refractivity contribution in [2.45, 2.75) is 4.90 Å². The summed E-state index contributed by atoms with van der Waals surface area (Å²) < 4.78 is 33.5. The zero-order valence-electron chi connectivity index (χ0n) is 8.71. The van der Waals surface area contributed by atoms with Crippen molar-refractivity contribution < 1.29 is 13.0 Å². The molecule has 0 unspecified atom stereocenters. The van der Waals surface area contributed by atoms with E-state index < -0.39 is 10.1 Å². The predicted molar refractivity (Wildman–Crippen MR) is 58.0 cm³/mol. The van der Waals surface area contributed by atoms with E-state index in [0.717, 1.165) is 0 Å². The summed E-state index contributed by atoms with van der Waals surface area (Å²) in [7, 11) is -1.10. The first kappa shape index (κ1) is 10.9. The molecule has 0 aliphatic heterocycles. The maximum absolute atomic E-state index is 11.6. The van der Waals surface area contributed by atoms with Crippen molar-refractivity contribution in [1.29, 1.82) is 0 Å². The van der Waals surface area contributed by atoms with Gasteiger partial charge in [0.2, 0.25) is 0 Å². The van der Waals surface area contributed by atoms with Gasteiger partial charge in [0.05, 0.1) is 15.9 Å². The topological polar surface area (TPSA) is 81.3 Å². The number of fused-ring (bicyclic) bond motifs is 1. The van der Waals surface area contributed by atoms with E-state index in [1.54, 1.807) is 14.1 Å². The Morgan fingerprint density at radius 3 is 2.25 bits per heavy atom. The van der Waals surface area contributed by atoms with E-state index in [4.69, 9.17) is 4.55 Å². The van der Waals surface area contributed by atoms with Crippen LogP contribution < -0.4 is 5.69 Å². The molecule has 0 bridgehead atoms. The zero-order chi connectivity index (χ0) is 12.1. The molecular weight excluding hydrogens is 232 g/mol. The molecule has 0 radical (unpaired) electrons. The first-order chi connectivity index (χ1) is 7.32. The summed E-state index contributed by atoms with van der Waals surface area (Å²) in [6.45, 7) is 0. The van der Waals surface area contributed by atoms with E-state index >= 15 is 0 Å². The van der Waals surface area contributed by atoms with E-state index in [-0.39, 0.29) is 10.6 Å². The molecule has 6 nitrogen and oxygen atoms in total. The normalized spacial score (nSPS) is 12.2. The Hall–Kier alpha value is -1.60. The largest absolute Gasteiger partial charge is 0.328 e. The quantitative estimate of drug-likeness (QED) is 0.720. The Bertz CT molecular complexity index is 724. The maximum atomic E-state index is 11.6. The van der Waals surface area contributed by atoms with E-state index in [2.05, 4.69) is 0 Å². The van der Waals surface area contributed by atoms with Gasteiger partial charge < -0.3 is 0 Å². The van der Waals surface area contributed by atoms with Gasteiger partial charge in [-0.15, -0.1) is 0 Å². The zero-order valence-corrected chi connectivity index (χ0v) is 9.52. The summed E-state index contributed by atoms with van der Waals surface area (Å²) in [5.41, 5.74) is 0.824. The molecule has 0 spiro atoms. The van der Waals surface area contributed by atoms with Crippen LogP contribution in [0.1, 0.15) is 0 Å². The van der Waals surface area contributed by atoms with Crippen molar-refractivity contribution in [3.63, 3.8) is 0 Å². The SMILES string of the molecule is Cn1c(=O)n(C)c2cc(S(=O)(=O)O)ccc21. The highest BCUT2D eigenvalue weighted by Gasteiger charge is 2.13. The average Bonchev–Trinajstić information content (AvgIpc) is 2.43. The van der Waals surface area contributed by atoms with Crippen molar-refractivity contribution in [2.75, 3.05) is 0 Å². The Balaban J connectivity index is 2.93. The number of hydrogen-bond donors (Lipinski definition) is 1. The van der Waals surface area contributed by atoms with Gasteiger partial charge in [-0.1, -0.05) is 0 Å². The Morgan fingerprint density at radius 1 is 1.12 bits per heavy atom. The smallest absolute Gasteiger partial charge is 0.295 e. The lowest BCUT2D eigenvalue weighted by molar-refractivity contribution is 0.483. The van der Waals surface area contributed by atoms with E-state index in [1.165, 1.54) is 27.3 Å². The lowest BCUT2D eigenvalue weighted by Crippen LogP contribution is -2.19. The summed E-state index contributed by atoms with van der Waals surface area (Å²) in [5.74, 6) is 0. The molecule has 0 atom stereocenters. The fraction of sp³-hybridized carbons (Fsp3) is 0.222. The highest BCUT2D eigenvalue weighted by molar-refractivity contribution is 7.85. The maximum Gasteiger partial charge on any atom is 0.328 e. The number of aryl methyl sites for hydroxylation is 2. The molecule has 0 fully saturated rings. The number of hydrogen-bond acceptors (Lipinski definition) is 3. The van der Waals surface area contributed by atoms with Crippen molar-refractivity contribution >= 4 is 21.2 Å². The minimum atomic E-state index is -4.24. The van der Waals surface area contributed by atoms with Crippen molar-refractivity contribution in [1.82, 2.24) is 9.13 Å². The van der Waals surface area contributed by atoms with Crippen LogP contribution in [0.3, 0.4) is 0 Å². The summed E-state index contributed by atoms with van der Waals surface area (Å²) in [5, 5.41) is 0. The number of nitrogens with zero attached hydrogens (tertiary/aromatic N) is 2. The van der Waals surface area contributed by atoms with Gasteiger partial charge in [0, 0.05) is 14.1 Å². The molecule has 0 amide bonds. The van der Waals surface area contributed by atoms with Gasteiger partial charge in [0.1, 0.15) is 0 Å². The van der Waals surface area contributed by atoms with E-state index in [9.17, 15) is 13.2 Å². The van der Waals surface area contributed by atoms with Crippen molar-refractivity contribution in [2.24, 2.45) is 14.1 Å². The summed E-state index contributed by atoms with van der Waals surface area (Å²) in [4.78, 5) is 11.3. The van der Waals surface area contributed by atoms with Crippen molar-refractivity contribution in [3.05, 3.63) is 28.7 Å². The van der Waals surface area contributed by atoms with Crippen LogP contribution in [0, 0.1) is 0 Å². The van der Waals surface area contributed by atoms with E-state index in [0.29, 0.717) is 11.0 Å². The molecule has 1 aromatic heterocycles.